The zero-order valence-corrected chi connectivity index (χ0v) is 9.42. The van der Waals surface area contributed by atoms with Crippen molar-refractivity contribution in [2.45, 2.75) is 27.2 Å². The molecule has 0 aromatic rings. The second-order valence-electron chi connectivity index (χ2n) is 4.41. The van der Waals surface area contributed by atoms with Crippen molar-refractivity contribution in [3.05, 3.63) is 41.4 Å². The molecular formula is C13H18O. The summed E-state index contributed by atoms with van der Waals surface area (Å²) in [5.74, 6) is 0.863. The lowest BCUT2D eigenvalue weighted by molar-refractivity contribution is 0.305. The van der Waals surface area contributed by atoms with Gasteiger partial charge >= 0.3 is 0 Å². The summed E-state index contributed by atoms with van der Waals surface area (Å²) in [5, 5.41) is 0. The number of rotatable bonds is 1. The van der Waals surface area contributed by atoms with Gasteiger partial charge in [-0.15, -0.1) is 5.73 Å². The Hall–Kier alpha value is -1.20. The molecule has 0 amide bonds. The Bertz CT molecular complexity index is 318. The van der Waals surface area contributed by atoms with Crippen LogP contribution in [0.4, 0.5) is 0 Å². The highest BCUT2D eigenvalue weighted by Gasteiger charge is 2.15. The molecule has 0 bridgehead atoms. The number of hydrogen-bond donors (Lipinski definition) is 0. The molecule has 1 nitrogen and oxygen atoms in total. The van der Waals surface area contributed by atoms with E-state index in [9.17, 15) is 0 Å². The summed E-state index contributed by atoms with van der Waals surface area (Å²) in [6.07, 6.45) is 9.13. The molecular weight excluding hydrogens is 172 g/mol. The second-order valence-corrected chi connectivity index (χ2v) is 4.41. The summed E-state index contributed by atoms with van der Waals surface area (Å²) in [4.78, 5) is 0. The molecule has 0 spiro atoms. The lowest BCUT2D eigenvalue weighted by atomic mass is 9.85. The largest absolute Gasteiger partial charge is 0.496 e. The Balaban J connectivity index is 3.03. The number of methoxy groups -OCH3 is 1. The van der Waals surface area contributed by atoms with Crippen molar-refractivity contribution in [2.24, 2.45) is 5.41 Å². The average Bonchev–Trinajstić information content (AvgIpc) is 2.01. The van der Waals surface area contributed by atoms with Crippen molar-refractivity contribution < 1.29 is 4.74 Å². The Labute approximate surface area is 86.5 Å². The zero-order valence-electron chi connectivity index (χ0n) is 9.42. The van der Waals surface area contributed by atoms with E-state index in [0.29, 0.717) is 0 Å². The third-order valence-corrected chi connectivity index (χ3v) is 2.20. The van der Waals surface area contributed by atoms with E-state index < -0.39 is 0 Å². The van der Waals surface area contributed by atoms with Crippen LogP contribution in [0.2, 0.25) is 0 Å². The molecule has 1 aliphatic rings. The Morgan fingerprint density at radius 1 is 1.36 bits per heavy atom. The van der Waals surface area contributed by atoms with Crippen LogP contribution in [0, 0.1) is 5.41 Å². The SMILES string of the molecule is COC1=CC(C(C)(C)C)=CCC=C=C1. The first kappa shape index (κ1) is 10.9. The maximum atomic E-state index is 5.23. The van der Waals surface area contributed by atoms with Crippen LogP contribution in [0.3, 0.4) is 0 Å². The first-order valence-electron chi connectivity index (χ1n) is 4.91. The van der Waals surface area contributed by atoms with E-state index in [1.54, 1.807) is 7.11 Å². The summed E-state index contributed by atoms with van der Waals surface area (Å²) >= 11 is 0. The molecule has 14 heavy (non-hydrogen) atoms. The summed E-state index contributed by atoms with van der Waals surface area (Å²) in [6, 6.07) is 0. The van der Waals surface area contributed by atoms with Crippen molar-refractivity contribution in [2.75, 3.05) is 7.11 Å². The average molecular weight is 190 g/mol. The maximum absolute atomic E-state index is 5.23. The summed E-state index contributed by atoms with van der Waals surface area (Å²) < 4.78 is 5.23. The van der Waals surface area contributed by atoms with Crippen LogP contribution in [0.25, 0.3) is 0 Å². The highest BCUT2D eigenvalue weighted by molar-refractivity contribution is 5.32. The molecule has 1 heteroatoms. The van der Waals surface area contributed by atoms with E-state index in [1.165, 1.54) is 5.57 Å². The van der Waals surface area contributed by atoms with Gasteiger partial charge in [0.2, 0.25) is 0 Å². The van der Waals surface area contributed by atoms with E-state index in [4.69, 9.17) is 4.74 Å². The van der Waals surface area contributed by atoms with Gasteiger partial charge in [0.25, 0.3) is 0 Å². The van der Waals surface area contributed by atoms with Crippen LogP contribution in [0.1, 0.15) is 27.2 Å². The van der Waals surface area contributed by atoms with E-state index in [0.717, 1.165) is 12.2 Å². The minimum absolute atomic E-state index is 0.169. The molecule has 0 saturated carbocycles. The zero-order chi connectivity index (χ0) is 10.6. The van der Waals surface area contributed by atoms with Gasteiger partial charge in [-0.05, 0) is 29.6 Å². The number of ether oxygens (including phenoxy) is 1. The van der Waals surface area contributed by atoms with Crippen LogP contribution < -0.4 is 0 Å². The van der Waals surface area contributed by atoms with Crippen molar-refractivity contribution >= 4 is 0 Å². The Morgan fingerprint density at radius 3 is 2.64 bits per heavy atom. The van der Waals surface area contributed by atoms with Crippen LogP contribution in [0.15, 0.2) is 41.4 Å². The number of allylic oxidation sites excluding steroid dienone is 4. The van der Waals surface area contributed by atoms with Gasteiger partial charge in [-0.1, -0.05) is 26.8 Å². The molecule has 0 unspecified atom stereocenters. The standard InChI is InChI=1S/C13H18O/c1-13(2,3)11-8-6-5-7-9-12(10-11)14-4/h5,8-10H,6H2,1-4H3. The molecule has 0 fully saturated rings. The Kier molecular flexibility index (Phi) is 3.38. The van der Waals surface area contributed by atoms with Crippen LogP contribution in [-0.2, 0) is 4.74 Å². The lowest BCUT2D eigenvalue weighted by Crippen LogP contribution is -2.08. The predicted molar refractivity (Wildman–Crippen MR) is 59.9 cm³/mol. The van der Waals surface area contributed by atoms with Crippen molar-refractivity contribution in [1.82, 2.24) is 0 Å². The maximum Gasteiger partial charge on any atom is 0.126 e. The molecule has 0 aromatic carbocycles. The lowest BCUT2D eigenvalue weighted by Gasteiger charge is -2.21. The van der Waals surface area contributed by atoms with E-state index >= 15 is 0 Å². The monoisotopic (exact) mass is 190 g/mol. The van der Waals surface area contributed by atoms with Crippen LogP contribution in [-0.4, -0.2) is 7.11 Å². The highest BCUT2D eigenvalue weighted by Crippen LogP contribution is 2.28. The van der Waals surface area contributed by atoms with Crippen LogP contribution >= 0.6 is 0 Å². The third kappa shape index (κ3) is 2.93. The van der Waals surface area contributed by atoms with Gasteiger partial charge in [0.05, 0.1) is 7.11 Å². The normalized spacial score (nSPS) is 16.9. The van der Waals surface area contributed by atoms with Crippen molar-refractivity contribution in [1.29, 1.82) is 0 Å². The molecule has 0 aromatic heterocycles. The minimum Gasteiger partial charge on any atom is -0.496 e. The summed E-state index contributed by atoms with van der Waals surface area (Å²) in [5.41, 5.74) is 4.55. The van der Waals surface area contributed by atoms with Gasteiger partial charge in [0.1, 0.15) is 5.76 Å². The fraction of sp³-hybridized carbons (Fsp3) is 0.462. The molecule has 0 aliphatic heterocycles. The summed E-state index contributed by atoms with van der Waals surface area (Å²) in [6.45, 7) is 6.62. The quantitative estimate of drug-likeness (QED) is 0.574. The Morgan fingerprint density at radius 2 is 2.07 bits per heavy atom. The molecule has 76 valence electrons. The predicted octanol–water partition coefficient (Wildman–Crippen LogP) is 3.60. The smallest absolute Gasteiger partial charge is 0.126 e. The van der Waals surface area contributed by atoms with E-state index in [1.807, 2.05) is 12.2 Å². The van der Waals surface area contributed by atoms with E-state index in [2.05, 4.69) is 38.7 Å². The van der Waals surface area contributed by atoms with Gasteiger partial charge < -0.3 is 4.74 Å². The summed E-state index contributed by atoms with van der Waals surface area (Å²) in [7, 11) is 1.69. The fourth-order valence-electron chi connectivity index (χ4n) is 1.29. The fourth-order valence-corrected chi connectivity index (χ4v) is 1.29. The first-order chi connectivity index (χ1) is 6.54. The molecule has 0 N–H and O–H groups in total. The molecule has 0 radical (unpaired) electrons. The topological polar surface area (TPSA) is 9.23 Å². The molecule has 0 heterocycles. The molecule has 0 saturated heterocycles. The third-order valence-electron chi connectivity index (χ3n) is 2.20. The van der Waals surface area contributed by atoms with Gasteiger partial charge in [-0.2, -0.15) is 0 Å². The first-order valence-corrected chi connectivity index (χ1v) is 4.91. The highest BCUT2D eigenvalue weighted by atomic mass is 16.5. The second kappa shape index (κ2) is 4.34. The molecule has 0 atom stereocenters. The van der Waals surface area contributed by atoms with E-state index in [-0.39, 0.29) is 5.41 Å². The van der Waals surface area contributed by atoms with Gasteiger partial charge in [-0.3, -0.25) is 0 Å². The van der Waals surface area contributed by atoms with Gasteiger partial charge in [-0.25, -0.2) is 0 Å². The van der Waals surface area contributed by atoms with Gasteiger partial charge in [0.15, 0.2) is 0 Å². The molecule has 1 rings (SSSR count). The van der Waals surface area contributed by atoms with Gasteiger partial charge in [0, 0.05) is 6.08 Å². The van der Waals surface area contributed by atoms with Crippen molar-refractivity contribution in [3.8, 4) is 0 Å². The minimum atomic E-state index is 0.169. The number of hydrogen-bond acceptors (Lipinski definition) is 1. The van der Waals surface area contributed by atoms with Crippen molar-refractivity contribution in [3.63, 3.8) is 0 Å². The van der Waals surface area contributed by atoms with Crippen LogP contribution in [0.5, 0.6) is 0 Å². The molecule has 1 aliphatic carbocycles.